The van der Waals surface area contributed by atoms with Gasteiger partial charge in [-0.25, -0.2) is 0 Å². The molecule has 0 N–H and O–H groups in total. The maximum atomic E-state index is 4.43. The molecule has 0 bridgehead atoms. The average molecular weight is 177 g/mol. The van der Waals surface area contributed by atoms with Crippen LogP contribution in [-0.4, -0.2) is 6.21 Å². The minimum absolute atomic E-state index is 0.545. The summed E-state index contributed by atoms with van der Waals surface area (Å²) in [6.07, 6.45) is 13.4. The molecule has 1 rings (SSSR count). The van der Waals surface area contributed by atoms with Crippen molar-refractivity contribution in [1.29, 1.82) is 0 Å². The van der Waals surface area contributed by atoms with Gasteiger partial charge in [0.15, 0.2) is 0 Å². The molecular formula is C12H19N. The van der Waals surface area contributed by atoms with Crippen molar-refractivity contribution < 1.29 is 0 Å². The Bertz CT molecular complexity index is 221. The van der Waals surface area contributed by atoms with Gasteiger partial charge >= 0.3 is 0 Å². The number of allylic oxidation sites excluding steroid dienone is 4. The molecule has 1 heterocycles. The Hall–Kier alpha value is -0.850. The van der Waals surface area contributed by atoms with Crippen LogP contribution in [0, 0.1) is 5.92 Å². The van der Waals surface area contributed by atoms with Crippen molar-refractivity contribution >= 4 is 6.21 Å². The molecule has 0 aliphatic carbocycles. The highest BCUT2D eigenvalue weighted by molar-refractivity contribution is 5.72. The molecular weight excluding hydrogens is 158 g/mol. The lowest BCUT2D eigenvalue weighted by atomic mass is 10.1. The van der Waals surface area contributed by atoms with Gasteiger partial charge in [0.2, 0.25) is 0 Å². The molecule has 0 saturated heterocycles. The maximum Gasteiger partial charge on any atom is 0.0389 e. The second-order valence-corrected chi connectivity index (χ2v) is 3.77. The summed E-state index contributed by atoms with van der Waals surface area (Å²) in [5.74, 6) is 0.545. The highest BCUT2D eigenvalue weighted by atomic mass is 14.7. The van der Waals surface area contributed by atoms with Crippen LogP contribution in [0.25, 0.3) is 0 Å². The Kier molecular flexibility index (Phi) is 4.52. The molecule has 0 radical (unpaired) electrons. The van der Waals surface area contributed by atoms with E-state index in [0.29, 0.717) is 5.92 Å². The third kappa shape index (κ3) is 4.07. The fraction of sp³-hybridized carbons (Fsp3) is 0.583. The van der Waals surface area contributed by atoms with Gasteiger partial charge in [-0.2, -0.15) is 0 Å². The lowest BCUT2D eigenvalue weighted by Crippen LogP contribution is -1.92. The van der Waals surface area contributed by atoms with Crippen LogP contribution in [-0.2, 0) is 0 Å². The number of aliphatic imine (C=N–C) groups is 1. The zero-order chi connectivity index (χ0) is 9.52. The lowest BCUT2D eigenvalue weighted by molar-refractivity contribution is 0.722. The van der Waals surface area contributed by atoms with Gasteiger partial charge < -0.3 is 0 Å². The van der Waals surface area contributed by atoms with E-state index >= 15 is 0 Å². The van der Waals surface area contributed by atoms with Crippen LogP contribution in [0.2, 0.25) is 0 Å². The summed E-state index contributed by atoms with van der Waals surface area (Å²) in [5.41, 5.74) is 1.23. The van der Waals surface area contributed by atoms with E-state index in [4.69, 9.17) is 0 Å². The highest BCUT2D eigenvalue weighted by Gasteiger charge is 1.99. The smallest absolute Gasteiger partial charge is 0.0389 e. The minimum atomic E-state index is 0.545. The average Bonchev–Trinajstić information content (AvgIpc) is 2.14. The molecule has 0 aromatic heterocycles. The molecule has 0 aromatic rings. The van der Waals surface area contributed by atoms with E-state index in [-0.39, 0.29) is 0 Å². The topological polar surface area (TPSA) is 12.4 Å². The van der Waals surface area contributed by atoms with Gasteiger partial charge in [0.05, 0.1) is 0 Å². The van der Waals surface area contributed by atoms with E-state index in [1.54, 1.807) is 0 Å². The molecule has 13 heavy (non-hydrogen) atoms. The van der Waals surface area contributed by atoms with E-state index in [1.807, 2.05) is 6.21 Å². The molecule has 1 aliphatic rings. The molecule has 0 saturated carbocycles. The summed E-state index contributed by atoms with van der Waals surface area (Å²) in [4.78, 5) is 4.43. The molecule has 1 heteroatoms. The first-order valence-corrected chi connectivity index (χ1v) is 5.20. The number of hydrogen-bond acceptors (Lipinski definition) is 1. The Morgan fingerprint density at radius 2 is 2.00 bits per heavy atom. The standard InChI is InChI=1S/C12H19N/c1-11(2)12-9-7-5-3-4-6-8-10-13-12/h6,8-11H,3-5,7H2,1-2H3/b8-6+,12-9?,13-10?. The van der Waals surface area contributed by atoms with Crippen LogP contribution in [0.1, 0.15) is 39.5 Å². The minimum Gasteiger partial charge on any atom is -0.261 e. The largest absolute Gasteiger partial charge is 0.261 e. The number of rotatable bonds is 1. The van der Waals surface area contributed by atoms with Gasteiger partial charge in [0.1, 0.15) is 0 Å². The second-order valence-electron chi connectivity index (χ2n) is 3.77. The summed E-state index contributed by atoms with van der Waals surface area (Å²) in [6.45, 7) is 4.39. The summed E-state index contributed by atoms with van der Waals surface area (Å²) in [5, 5.41) is 0. The SMILES string of the molecule is CC(C)C1=CCCCC/C=C/C=N1. The van der Waals surface area contributed by atoms with E-state index in [2.05, 4.69) is 37.1 Å². The van der Waals surface area contributed by atoms with Crippen molar-refractivity contribution in [2.45, 2.75) is 39.5 Å². The molecule has 0 spiro atoms. The van der Waals surface area contributed by atoms with E-state index in [1.165, 1.54) is 31.4 Å². The first-order chi connectivity index (χ1) is 6.30. The third-order valence-corrected chi connectivity index (χ3v) is 2.22. The fourth-order valence-electron chi connectivity index (χ4n) is 1.38. The van der Waals surface area contributed by atoms with Crippen LogP contribution >= 0.6 is 0 Å². The predicted octanol–water partition coefficient (Wildman–Crippen LogP) is 3.73. The third-order valence-electron chi connectivity index (χ3n) is 2.22. The molecule has 0 atom stereocenters. The molecule has 0 aromatic carbocycles. The molecule has 72 valence electrons. The Morgan fingerprint density at radius 3 is 2.77 bits per heavy atom. The molecule has 1 nitrogen and oxygen atoms in total. The van der Waals surface area contributed by atoms with Crippen molar-refractivity contribution in [1.82, 2.24) is 0 Å². The zero-order valence-corrected chi connectivity index (χ0v) is 8.66. The zero-order valence-electron chi connectivity index (χ0n) is 8.66. The lowest BCUT2D eigenvalue weighted by Gasteiger charge is -2.06. The first kappa shape index (κ1) is 10.2. The first-order valence-electron chi connectivity index (χ1n) is 5.20. The van der Waals surface area contributed by atoms with Crippen molar-refractivity contribution in [3.63, 3.8) is 0 Å². The predicted molar refractivity (Wildman–Crippen MR) is 59.0 cm³/mol. The summed E-state index contributed by atoms with van der Waals surface area (Å²) < 4.78 is 0. The van der Waals surface area contributed by atoms with Crippen molar-refractivity contribution in [3.8, 4) is 0 Å². The van der Waals surface area contributed by atoms with Crippen LogP contribution in [0.5, 0.6) is 0 Å². The Morgan fingerprint density at radius 1 is 1.23 bits per heavy atom. The van der Waals surface area contributed by atoms with Crippen molar-refractivity contribution in [2.24, 2.45) is 10.9 Å². The van der Waals surface area contributed by atoms with Gasteiger partial charge in [0.25, 0.3) is 0 Å². The van der Waals surface area contributed by atoms with Crippen molar-refractivity contribution in [2.75, 3.05) is 0 Å². The summed E-state index contributed by atoms with van der Waals surface area (Å²) >= 11 is 0. The normalized spacial score (nSPS) is 21.3. The van der Waals surface area contributed by atoms with Gasteiger partial charge in [-0.05, 0) is 37.7 Å². The van der Waals surface area contributed by atoms with Crippen LogP contribution in [0.3, 0.4) is 0 Å². The van der Waals surface area contributed by atoms with Gasteiger partial charge in [-0.3, -0.25) is 4.99 Å². The Labute approximate surface area is 81.3 Å². The van der Waals surface area contributed by atoms with Gasteiger partial charge in [0, 0.05) is 11.9 Å². The van der Waals surface area contributed by atoms with Gasteiger partial charge in [-0.15, -0.1) is 0 Å². The molecule has 1 aliphatic heterocycles. The molecule has 0 fully saturated rings. The van der Waals surface area contributed by atoms with Crippen LogP contribution < -0.4 is 0 Å². The van der Waals surface area contributed by atoms with Gasteiger partial charge in [-0.1, -0.05) is 26.0 Å². The van der Waals surface area contributed by atoms with Crippen LogP contribution in [0.15, 0.2) is 28.9 Å². The fourth-order valence-corrected chi connectivity index (χ4v) is 1.38. The maximum absolute atomic E-state index is 4.43. The quantitative estimate of drug-likeness (QED) is 0.578. The molecule has 0 amide bonds. The second kappa shape index (κ2) is 5.74. The summed E-state index contributed by atoms with van der Waals surface area (Å²) in [6, 6.07) is 0. The van der Waals surface area contributed by atoms with Crippen LogP contribution in [0.4, 0.5) is 0 Å². The van der Waals surface area contributed by atoms with Crippen molar-refractivity contribution in [3.05, 3.63) is 23.9 Å². The molecule has 0 unspecified atom stereocenters. The Balaban J connectivity index is 2.66. The summed E-state index contributed by atoms with van der Waals surface area (Å²) in [7, 11) is 0. The monoisotopic (exact) mass is 177 g/mol. The van der Waals surface area contributed by atoms with E-state index in [0.717, 1.165) is 0 Å². The van der Waals surface area contributed by atoms with E-state index in [9.17, 15) is 0 Å². The number of hydrogen-bond donors (Lipinski definition) is 0. The number of nitrogens with zero attached hydrogens (tertiary/aromatic N) is 1. The van der Waals surface area contributed by atoms with E-state index < -0.39 is 0 Å². The highest BCUT2D eigenvalue weighted by Crippen LogP contribution is 2.14.